The maximum absolute atomic E-state index is 11.9. The molecule has 4 heteroatoms. The number of halogens is 1. The molecule has 0 spiro atoms. The van der Waals surface area contributed by atoms with Crippen molar-refractivity contribution in [1.82, 2.24) is 5.32 Å². The summed E-state index contributed by atoms with van der Waals surface area (Å²) < 4.78 is 5.43. The first-order valence-electron chi connectivity index (χ1n) is 5.66. The van der Waals surface area contributed by atoms with Crippen LogP contribution in [0.15, 0.2) is 16.5 Å². The SMILES string of the molecule is CCc1ccc(C(=O)NC2(CBr)CCC2)o1. The standard InChI is InChI=1S/C12H16BrNO2/c1-2-9-4-5-10(16-9)11(15)14-12(8-13)6-3-7-12/h4-5H,2-3,6-8H2,1H3,(H,14,15). The van der Waals surface area contributed by atoms with Crippen molar-refractivity contribution in [3.63, 3.8) is 0 Å². The highest BCUT2D eigenvalue weighted by Crippen LogP contribution is 2.33. The first-order valence-corrected chi connectivity index (χ1v) is 6.78. The molecule has 1 amide bonds. The van der Waals surface area contributed by atoms with Crippen molar-refractivity contribution in [1.29, 1.82) is 0 Å². The molecule has 3 nitrogen and oxygen atoms in total. The Morgan fingerprint density at radius 3 is 2.75 bits per heavy atom. The lowest BCUT2D eigenvalue weighted by Gasteiger charge is -2.40. The average molecular weight is 286 g/mol. The van der Waals surface area contributed by atoms with Gasteiger partial charge in [-0.05, 0) is 31.4 Å². The van der Waals surface area contributed by atoms with Crippen LogP contribution in [0.4, 0.5) is 0 Å². The van der Waals surface area contributed by atoms with E-state index >= 15 is 0 Å². The minimum absolute atomic E-state index is 0.0454. The molecular formula is C12H16BrNO2. The highest BCUT2D eigenvalue weighted by molar-refractivity contribution is 9.09. The van der Waals surface area contributed by atoms with Gasteiger partial charge in [0.15, 0.2) is 5.76 Å². The van der Waals surface area contributed by atoms with E-state index in [0.29, 0.717) is 5.76 Å². The maximum Gasteiger partial charge on any atom is 0.287 e. The van der Waals surface area contributed by atoms with Crippen LogP contribution < -0.4 is 5.32 Å². The fourth-order valence-corrected chi connectivity index (χ4v) is 2.59. The summed E-state index contributed by atoms with van der Waals surface area (Å²) in [6.07, 6.45) is 4.10. The average Bonchev–Trinajstić information content (AvgIpc) is 2.71. The van der Waals surface area contributed by atoms with E-state index in [9.17, 15) is 4.79 Å². The fourth-order valence-electron chi connectivity index (χ4n) is 1.89. The van der Waals surface area contributed by atoms with Gasteiger partial charge in [-0.1, -0.05) is 22.9 Å². The van der Waals surface area contributed by atoms with E-state index in [0.717, 1.165) is 30.4 Å². The zero-order valence-electron chi connectivity index (χ0n) is 9.38. The Labute approximate surface area is 104 Å². The lowest BCUT2D eigenvalue weighted by molar-refractivity contribution is 0.0826. The molecule has 2 rings (SSSR count). The van der Waals surface area contributed by atoms with E-state index in [-0.39, 0.29) is 11.4 Å². The third kappa shape index (κ3) is 2.17. The van der Waals surface area contributed by atoms with Crippen LogP contribution in [0.5, 0.6) is 0 Å². The molecule has 1 saturated carbocycles. The molecule has 1 aromatic heterocycles. The van der Waals surface area contributed by atoms with Gasteiger partial charge < -0.3 is 9.73 Å². The van der Waals surface area contributed by atoms with Crippen LogP contribution in [0.1, 0.15) is 42.5 Å². The van der Waals surface area contributed by atoms with Gasteiger partial charge in [-0.2, -0.15) is 0 Å². The van der Waals surface area contributed by atoms with Gasteiger partial charge in [0.05, 0.1) is 5.54 Å². The number of hydrogen-bond donors (Lipinski definition) is 1. The molecule has 1 aliphatic carbocycles. The molecular weight excluding hydrogens is 270 g/mol. The van der Waals surface area contributed by atoms with E-state index in [4.69, 9.17) is 4.42 Å². The number of carbonyl (C=O) groups excluding carboxylic acids is 1. The minimum atomic E-state index is -0.0983. The normalized spacial score (nSPS) is 17.9. The van der Waals surface area contributed by atoms with Crippen LogP contribution in [0, 0.1) is 0 Å². The van der Waals surface area contributed by atoms with Crippen molar-refractivity contribution in [3.8, 4) is 0 Å². The van der Waals surface area contributed by atoms with E-state index in [1.807, 2.05) is 13.0 Å². The summed E-state index contributed by atoms with van der Waals surface area (Å²) in [5, 5.41) is 3.87. The number of hydrogen-bond acceptors (Lipinski definition) is 2. The van der Waals surface area contributed by atoms with E-state index in [1.165, 1.54) is 6.42 Å². The summed E-state index contributed by atoms with van der Waals surface area (Å²) in [7, 11) is 0. The highest BCUT2D eigenvalue weighted by Gasteiger charge is 2.37. The second-order valence-electron chi connectivity index (χ2n) is 4.34. The Bertz CT molecular complexity index is 377. The van der Waals surface area contributed by atoms with Gasteiger partial charge in [-0.3, -0.25) is 4.79 Å². The summed E-state index contributed by atoms with van der Waals surface area (Å²) in [5.74, 6) is 1.18. The highest BCUT2D eigenvalue weighted by atomic mass is 79.9. The van der Waals surface area contributed by atoms with Crippen molar-refractivity contribution >= 4 is 21.8 Å². The van der Waals surface area contributed by atoms with Gasteiger partial charge in [-0.15, -0.1) is 0 Å². The number of amides is 1. The van der Waals surface area contributed by atoms with Crippen LogP contribution in [-0.2, 0) is 6.42 Å². The summed E-state index contributed by atoms with van der Waals surface area (Å²) in [4.78, 5) is 11.9. The number of nitrogens with one attached hydrogen (secondary N) is 1. The summed E-state index contributed by atoms with van der Waals surface area (Å²) >= 11 is 3.46. The number of rotatable bonds is 4. The molecule has 1 aliphatic rings. The van der Waals surface area contributed by atoms with Crippen molar-refractivity contribution in [2.24, 2.45) is 0 Å². The summed E-state index contributed by atoms with van der Waals surface area (Å²) in [5.41, 5.74) is -0.0454. The van der Waals surface area contributed by atoms with Crippen LogP contribution in [-0.4, -0.2) is 16.8 Å². The topological polar surface area (TPSA) is 42.2 Å². The third-order valence-electron chi connectivity index (χ3n) is 3.18. The van der Waals surface area contributed by atoms with Crippen LogP contribution in [0.2, 0.25) is 0 Å². The molecule has 88 valence electrons. The van der Waals surface area contributed by atoms with Crippen molar-refractivity contribution in [2.45, 2.75) is 38.1 Å². The number of furan rings is 1. The zero-order chi connectivity index (χ0) is 11.6. The molecule has 1 heterocycles. The van der Waals surface area contributed by atoms with Gasteiger partial charge >= 0.3 is 0 Å². The Hall–Kier alpha value is -0.770. The molecule has 0 radical (unpaired) electrons. The molecule has 0 saturated heterocycles. The predicted octanol–water partition coefficient (Wildman–Crippen LogP) is 2.89. The van der Waals surface area contributed by atoms with Crippen molar-refractivity contribution in [2.75, 3.05) is 5.33 Å². The van der Waals surface area contributed by atoms with E-state index in [2.05, 4.69) is 21.2 Å². The number of carbonyl (C=O) groups is 1. The zero-order valence-corrected chi connectivity index (χ0v) is 11.0. The second kappa shape index (κ2) is 4.62. The molecule has 1 N–H and O–H groups in total. The first kappa shape index (κ1) is 11.7. The van der Waals surface area contributed by atoms with Crippen LogP contribution >= 0.6 is 15.9 Å². The first-order chi connectivity index (χ1) is 7.69. The number of aryl methyl sites for hydroxylation is 1. The largest absolute Gasteiger partial charge is 0.456 e. The smallest absolute Gasteiger partial charge is 0.287 e. The molecule has 1 fully saturated rings. The molecule has 0 aromatic carbocycles. The van der Waals surface area contributed by atoms with Gasteiger partial charge in [0.25, 0.3) is 5.91 Å². The molecule has 0 atom stereocenters. The van der Waals surface area contributed by atoms with Gasteiger partial charge in [0, 0.05) is 11.8 Å². The Morgan fingerprint density at radius 2 is 2.31 bits per heavy atom. The van der Waals surface area contributed by atoms with Crippen LogP contribution in [0.3, 0.4) is 0 Å². The predicted molar refractivity (Wildman–Crippen MR) is 65.9 cm³/mol. The lowest BCUT2D eigenvalue weighted by Crippen LogP contribution is -2.54. The van der Waals surface area contributed by atoms with Crippen molar-refractivity contribution in [3.05, 3.63) is 23.7 Å². The Morgan fingerprint density at radius 1 is 1.56 bits per heavy atom. The third-order valence-corrected chi connectivity index (χ3v) is 4.25. The summed E-state index contributed by atoms with van der Waals surface area (Å²) in [6, 6.07) is 3.60. The van der Waals surface area contributed by atoms with Gasteiger partial charge in [0.1, 0.15) is 5.76 Å². The molecule has 1 aromatic rings. The molecule has 0 aliphatic heterocycles. The molecule has 16 heavy (non-hydrogen) atoms. The second-order valence-corrected chi connectivity index (χ2v) is 4.90. The van der Waals surface area contributed by atoms with Gasteiger partial charge in [0.2, 0.25) is 0 Å². The Balaban J connectivity index is 2.02. The van der Waals surface area contributed by atoms with Crippen molar-refractivity contribution < 1.29 is 9.21 Å². The molecule has 0 bridgehead atoms. The minimum Gasteiger partial charge on any atom is -0.456 e. The fraction of sp³-hybridized carbons (Fsp3) is 0.583. The van der Waals surface area contributed by atoms with Crippen LogP contribution in [0.25, 0.3) is 0 Å². The number of alkyl halides is 1. The lowest BCUT2D eigenvalue weighted by atomic mass is 9.78. The van der Waals surface area contributed by atoms with E-state index < -0.39 is 0 Å². The Kier molecular flexibility index (Phi) is 3.38. The summed E-state index contributed by atoms with van der Waals surface area (Å²) in [6.45, 7) is 2.01. The monoisotopic (exact) mass is 285 g/mol. The maximum atomic E-state index is 11.9. The molecule has 0 unspecified atom stereocenters. The van der Waals surface area contributed by atoms with E-state index in [1.54, 1.807) is 6.07 Å². The quantitative estimate of drug-likeness (QED) is 0.865. The van der Waals surface area contributed by atoms with Gasteiger partial charge in [-0.25, -0.2) is 0 Å².